The molecule has 1 saturated heterocycles. The number of nitrogens with one attached hydrogen (secondary N) is 1. The number of rotatable bonds is 6. The molecule has 2 aromatic carbocycles. The summed E-state index contributed by atoms with van der Waals surface area (Å²) in [5, 5.41) is 5.11. The zero-order valence-corrected chi connectivity index (χ0v) is 19.1. The molecule has 1 fully saturated rings. The quantitative estimate of drug-likeness (QED) is 0.588. The van der Waals surface area contributed by atoms with E-state index in [1.807, 2.05) is 54.6 Å². The maximum Gasteiger partial charge on any atom is 0.263 e. The van der Waals surface area contributed by atoms with Gasteiger partial charge < -0.3 is 10.2 Å². The topological polar surface area (TPSA) is 69.7 Å². The predicted molar refractivity (Wildman–Crippen MR) is 124 cm³/mol. The SMILES string of the molecule is O=C(NCc1ccccc1)c1sccc1S(=O)(=O)N1CCN(c2cccc(Cl)c2)CC1. The smallest absolute Gasteiger partial charge is 0.263 e. The molecule has 1 aliphatic rings. The summed E-state index contributed by atoms with van der Waals surface area (Å²) in [6.07, 6.45) is 0. The zero-order chi connectivity index (χ0) is 21.8. The Morgan fingerprint density at radius 2 is 1.74 bits per heavy atom. The Labute approximate surface area is 191 Å². The second-order valence-corrected chi connectivity index (χ2v) is 10.4. The van der Waals surface area contributed by atoms with Crippen molar-refractivity contribution in [2.45, 2.75) is 11.4 Å². The molecule has 0 aliphatic carbocycles. The van der Waals surface area contributed by atoms with E-state index in [-0.39, 0.29) is 15.7 Å². The normalized spacial score (nSPS) is 15.1. The van der Waals surface area contributed by atoms with Crippen molar-refractivity contribution in [3.05, 3.63) is 81.5 Å². The van der Waals surface area contributed by atoms with Gasteiger partial charge in [0.15, 0.2) is 0 Å². The van der Waals surface area contributed by atoms with Crippen molar-refractivity contribution in [2.24, 2.45) is 0 Å². The van der Waals surface area contributed by atoms with Crippen molar-refractivity contribution in [1.29, 1.82) is 0 Å². The van der Waals surface area contributed by atoms with Gasteiger partial charge in [-0.15, -0.1) is 11.3 Å². The third kappa shape index (κ3) is 4.93. The van der Waals surface area contributed by atoms with Crippen LogP contribution in [-0.2, 0) is 16.6 Å². The average molecular weight is 476 g/mol. The van der Waals surface area contributed by atoms with Crippen molar-refractivity contribution < 1.29 is 13.2 Å². The molecule has 3 aromatic rings. The number of benzene rings is 2. The average Bonchev–Trinajstić information content (AvgIpc) is 3.29. The number of anilines is 1. The number of nitrogens with zero attached hydrogens (tertiary/aromatic N) is 2. The maximum atomic E-state index is 13.3. The summed E-state index contributed by atoms with van der Waals surface area (Å²) < 4.78 is 28.0. The summed E-state index contributed by atoms with van der Waals surface area (Å²) in [5.74, 6) is -0.380. The molecule has 0 unspecified atom stereocenters. The number of hydrogen-bond donors (Lipinski definition) is 1. The lowest BCUT2D eigenvalue weighted by atomic mass is 10.2. The molecule has 9 heteroatoms. The summed E-state index contributed by atoms with van der Waals surface area (Å²) in [5.41, 5.74) is 1.93. The highest BCUT2D eigenvalue weighted by molar-refractivity contribution is 7.89. The second-order valence-electron chi connectivity index (χ2n) is 7.15. The number of halogens is 1. The van der Waals surface area contributed by atoms with Crippen LogP contribution in [0.25, 0.3) is 0 Å². The Morgan fingerprint density at radius 1 is 1.00 bits per heavy atom. The summed E-state index contributed by atoms with van der Waals surface area (Å²) in [4.78, 5) is 15.1. The number of sulfonamides is 1. The lowest BCUT2D eigenvalue weighted by Crippen LogP contribution is -2.48. The van der Waals surface area contributed by atoms with Crippen LogP contribution in [0.2, 0.25) is 5.02 Å². The Balaban J connectivity index is 1.44. The highest BCUT2D eigenvalue weighted by Gasteiger charge is 2.32. The van der Waals surface area contributed by atoms with E-state index >= 15 is 0 Å². The molecular formula is C22H22ClN3O3S2. The van der Waals surface area contributed by atoms with E-state index in [0.29, 0.717) is 37.7 Å². The van der Waals surface area contributed by atoms with Gasteiger partial charge in [0.1, 0.15) is 9.77 Å². The summed E-state index contributed by atoms with van der Waals surface area (Å²) in [6.45, 7) is 2.14. The molecule has 6 nitrogen and oxygen atoms in total. The second kappa shape index (κ2) is 9.40. The van der Waals surface area contributed by atoms with Gasteiger partial charge in [0.2, 0.25) is 10.0 Å². The Kier molecular flexibility index (Phi) is 6.62. The standard InChI is InChI=1S/C22H22ClN3O3S2/c23-18-7-4-8-19(15-18)25-10-12-26(13-11-25)31(28,29)20-9-14-30-21(20)22(27)24-16-17-5-2-1-3-6-17/h1-9,14-15H,10-13,16H2,(H,24,27). The molecular weight excluding hydrogens is 454 g/mol. The molecule has 0 spiro atoms. The first kappa shape index (κ1) is 21.8. The van der Waals surface area contributed by atoms with Gasteiger partial charge in [0.25, 0.3) is 5.91 Å². The van der Waals surface area contributed by atoms with E-state index in [0.717, 1.165) is 22.6 Å². The third-order valence-corrected chi connectivity index (χ3v) is 8.38. The van der Waals surface area contributed by atoms with Gasteiger partial charge in [-0.3, -0.25) is 4.79 Å². The minimum atomic E-state index is -3.76. The molecule has 0 bridgehead atoms. The lowest BCUT2D eigenvalue weighted by Gasteiger charge is -2.35. The fourth-order valence-electron chi connectivity index (χ4n) is 3.52. The van der Waals surface area contributed by atoms with Gasteiger partial charge in [-0.1, -0.05) is 48.0 Å². The van der Waals surface area contributed by atoms with E-state index in [2.05, 4.69) is 10.2 Å². The minimum absolute atomic E-state index is 0.0688. The van der Waals surface area contributed by atoms with Gasteiger partial charge in [0.05, 0.1) is 0 Å². The Bertz CT molecular complexity index is 1160. The Morgan fingerprint density at radius 3 is 2.45 bits per heavy atom. The largest absolute Gasteiger partial charge is 0.369 e. The molecule has 162 valence electrons. The molecule has 1 amide bonds. The van der Waals surface area contributed by atoms with Crippen molar-refractivity contribution in [3.63, 3.8) is 0 Å². The number of thiophene rings is 1. The fraction of sp³-hybridized carbons (Fsp3) is 0.227. The Hall–Kier alpha value is -2.39. The van der Waals surface area contributed by atoms with Gasteiger partial charge in [0, 0.05) is 43.4 Å². The van der Waals surface area contributed by atoms with Crippen LogP contribution in [0.1, 0.15) is 15.2 Å². The molecule has 1 aliphatic heterocycles. The number of carbonyl (C=O) groups is 1. The van der Waals surface area contributed by atoms with E-state index < -0.39 is 10.0 Å². The number of piperazine rings is 1. The minimum Gasteiger partial charge on any atom is -0.369 e. The monoisotopic (exact) mass is 475 g/mol. The molecule has 1 aromatic heterocycles. The van der Waals surface area contributed by atoms with Gasteiger partial charge in [-0.2, -0.15) is 4.31 Å². The van der Waals surface area contributed by atoms with Crippen molar-refractivity contribution in [3.8, 4) is 0 Å². The van der Waals surface area contributed by atoms with Gasteiger partial charge in [-0.25, -0.2) is 8.42 Å². The van der Waals surface area contributed by atoms with Crippen LogP contribution in [0.15, 0.2) is 70.9 Å². The van der Waals surface area contributed by atoms with Gasteiger partial charge in [-0.05, 0) is 35.2 Å². The number of hydrogen-bond acceptors (Lipinski definition) is 5. The summed E-state index contributed by atoms with van der Waals surface area (Å²) >= 11 is 7.21. The summed E-state index contributed by atoms with van der Waals surface area (Å²) in [7, 11) is -3.76. The van der Waals surface area contributed by atoms with Crippen molar-refractivity contribution in [2.75, 3.05) is 31.1 Å². The van der Waals surface area contributed by atoms with Crippen LogP contribution in [0.5, 0.6) is 0 Å². The molecule has 2 heterocycles. The van der Waals surface area contributed by atoms with Crippen LogP contribution < -0.4 is 10.2 Å². The number of carbonyl (C=O) groups excluding carboxylic acids is 1. The number of amides is 1. The highest BCUT2D eigenvalue weighted by Crippen LogP contribution is 2.27. The summed E-state index contributed by atoms with van der Waals surface area (Å²) in [6, 6.07) is 18.6. The molecule has 0 radical (unpaired) electrons. The van der Waals surface area contributed by atoms with Crippen molar-refractivity contribution in [1.82, 2.24) is 9.62 Å². The van der Waals surface area contributed by atoms with E-state index in [4.69, 9.17) is 11.6 Å². The molecule has 1 N–H and O–H groups in total. The molecule has 4 rings (SSSR count). The highest BCUT2D eigenvalue weighted by atomic mass is 35.5. The van der Waals surface area contributed by atoms with Crippen LogP contribution in [0, 0.1) is 0 Å². The van der Waals surface area contributed by atoms with Crippen LogP contribution in [0.3, 0.4) is 0 Å². The predicted octanol–water partition coefficient (Wildman–Crippen LogP) is 3.84. The lowest BCUT2D eigenvalue weighted by molar-refractivity contribution is 0.0952. The zero-order valence-electron chi connectivity index (χ0n) is 16.7. The van der Waals surface area contributed by atoms with E-state index in [9.17, 15) is 13.2 Å². The van der Waals surface area contributed by atoms with Crippen LogP contribution in [-0.4, -0.2) is 44.8 Å². The van der Waals surface area contributed by atoms with E-state index in [1.54, 1.807) is 5.38 Å². The first-order valence-electron chi connectivity index (χ1n) is 9.85. The third-order valence-electron chi connectivity index (χ3n) is 5.16. The maximum absolute atomic E-state index is 13.3. The van der Waals surface area contributed by atoms with Crippen molar-refractivity contribution >= 4 is 44.6 Å². The van der Waals surface area contributed by atoms with Gasteiger partial charge >= 0.3 is 0 Å². The first-order chi connectivity index (χ1) is 14.9. The molecule has 0 saturated carbocycles. The molecule has 31 heavy (non-hydrogen) atoms. The molecule has 0 atom stereocenters. The van der Waals surface area contributed by atoms with Crippen LogP contribution in [0.4, 0.5) is 5.69 Å². The fourth-order valence-corrected chi connectivity index (χ4v) is 6.45. The van der Waals surface area contributed by atoms with Crippen LogP contribution >= 0.6 is 22.9 Å². The van der Waals surface area contributed by atoms with E-state index in [1.165, 1.54) is 10.4 Å². The first-order valence-corrected chi connectivity index (χ1v) is 12.6.